The van der Waals surface area contributed by atoms with Crippen molar-refractivity contribution in [2.24, 2.45) is 0 Å². The molecule has 2 aromatic carbocycles. The molecule has 1 amide bonds. The second-order valence-electron chi connectivity index (χ2n) is 9.93. The minimum Gasteiger partial charge on any atom is -0.379 e. The average Bonchev–Trinajstić information content (AvgIpc) is 3.61. The first-order valence-electron chi connectivity index (χ1n) is 12.9. The number of amides is 1. The van der Waals surface area contributed by atoms with Gasteiger partial charge in [0, 0.05) is 42.3 Å². The van der Waals surface area contributed by atoms with Gasteiger partial charge in [-0.3, -0.25) is 19.3 Å². The van der Waals surface area contributed by atoms with Crippen LogP contribution < -0.4 is 5.32 Å². The van der Waals surface area contributed by atoms with Crippen LogP contribution in [0.5, 0.6) is 0 Å². The van der Waals surface area contributed by atoms with Gasteiger partial charge in [-0.1, -0.05) is 0 Å². The Morgan fingerprint density at radius 1 is 1.14 bits per heavy atom. The molecule has 4 aromatic rings. The quantitative estimate of drug-likeness (QED) is 0.415. The molecule has 0 aliphatic carbocycles. The normalized spacial score (nSPS) is 19.4. The van der Waals surface area contributed by atoms with Gasteiger partial charge in [-0.05, 0) is 62.7 Å². The average molecular weight is 488 g/mol. The minimum atomic E-state index is -0.136. The van der Waals surface area contributed by atoms with Gasteiger partial charge in [0.2, 0.25) is 0 Å². The van der Waals surface area contributed by atoms with Crippen molar-refractivity contribution in [1.82, 2.24) is 29.5 Å². The Hall–Kier alpha value is -3.27. The van der Waals surface area contributed by atoms with Crippen LogP contribution in [0.3, 0.4) is 0 Å². The summed E-state index contributed by atoms with van der Waals surface area (Å²) in [6, 6.07) is 12.2. The maximum absolute atomic E-state index is 13.0. The third kappa shape index (κ3) is 4.86. The summed E-state index contributed by atoms with van der Waals surface area (Å²) in [4.78, 5) is 26.0. The predicted octanol–water partition coefficient (Wildman–Crippen LogP) is 3.48. The lowest BCUT2D eigenvalue weighted by Gasteiger charge is -2.26. The topological polar surface area (TPSA) is 91.3 Å². The van der Waals surface area contributed by atoms with E-state index in [0.29, 0.717) is 11.6 Å². The summed E-state index contributed by atoms with van der Waals surface area (Å²) < 4.78 is 7.44. The highest BCUT2D eigenvalue weighted by Crippen LogP contribution is 2.23. The molecule has 0 unspecified atom stereocenters. The van der Waals surface area contributed by atoms with Crippen molar-refractivity contribution in [3.8, 4) is 0 Å². The van der Waals surface area contributed by atoms with Crippen LogP contribution in [0.25, 0.3) is 21.9 Å². The van der Waals surface area contributed by atoms with Gasteiger partial charge in [0.1, 0.15) is 5.82 Å². The first-order chi connectivity index (χ1) is 17.6. The molecule has 9 heteroatoms. The number of morpholine rings is 1. The fourth-order valence-electron chi connectivity index (χ4n) is 5.31. The van der Waals surface area contributed by atoms with Crippen molar-refractivity contribution in [2.75, 3.05) is 44.7 Å². The van der Waals surface area contributed by atoms with E-state index in [1.54, 1.807) is 0 Å². The summed E-state index contributed by atoms with van der Waals surface area (Å²) >= 11 is 0. The molecular formula is C27H33N7O2. The molecule has 0 bridgehead atoms. The number of carbonyl (C=O) groups excluding carboxylic acids is 1. The number of H-pyrrole nitrogens is 1. The number of benzene rings is 2. The van der Waals surface area contributed by atoms with E-state index < -0.39 is 0 Å². The first-order valence-corrected chi connectivity index (χ1v) is 12.9. The number of anilines is 1. The van der Waals surface area contributed by atoms with Crippen LogP contribution in [0.15, 0.2) is 42.6 Å². The van der Waals surface area contributed by atoms with Crippen LogP contribution in [-0.2, 0) is 17.8 Å². The number of aromatic nitrogens is 4. The van der Waals surface area contributed by atoms with Crippen LogP contribution in [0.2, 0.25) is 0 Å². The molecule has 4 heterocycles. The van der Waals surface area contributed by atoms with E-state index in [2.05, 4.69) is 32.1 Å². The van der Waals surface area contributed by atoms with Gasteiger partial charge in [-0.15, -0.1) is 0 Å². The molecule has 0 radical (unpaired) electrons. The molecule has 1 atom stereocenters. The summed E-state index contributed by atoms with van der Waals surface area (Å²) in [5.74, 6) is 0.834. The Bertz CT molecular complexity index is 1370. The second kappa shape index (κ2) is 10.0. The van der Waals surface area contributed by atoms with E-state index >= 15 is 0 Å². The Morgan fingerprint density at radius 2 is 2.03 bits per heavy atom. The fourth-order valence-corrected chi connectivity index (χ4v) is 5.31. The van der Waals surface area contributed by atoms with Crippen LogP contribution >= 0.6 is 0 Å². The first kappa shape index (κ1) is 23.1. The van der Waals surface area contributed by atoms with Gasteiger partial charge in [0.25, 0.3) is 5.91 Å². The lowest BCUT2D eigenvalue weighted by atomic mass is 10.1. The van der Waals surface area contributed by atoms with Crippen molar-refractivity contribution in [1.29, 1.82) is 0 Å². The van der Waals surface area contributed by atoms with Crippen LogP contribution in [0, 0.1) is 0 Å². The Labute approximate surface area is 210 Å². The SMILES string of the molecule is C[C@H]1CCCN1Cc1nc2ccc(NC(=O)c3ccc4c(cnn4CCN4CCOCC4)c3)cc2[nH]1. The Kier molecular flexibility index (Phi) is 6.43. The summed E-state index contributed by atoms with van der Waals surface area (Å²) in [5.41, 5.74) is 4.26. The van der Waals surface area contributed by atoms with Crippen LogP contribution in [0.4, 0.5) is 5.69 Å². The molecule has 188 valence electrons. The lowest BCUT2D eigenvalue weighted by Crippen LogP contribution is -2.38. The van der Waals surface area contributed by atoms with E-state index in [4.69, 9.17) is 9.72 Å². The van der Waals surface area contributed by atoms with E-state index in [1.165, 1.54) is 12.8 Å². The number of hydrogen-bond acceptors (Lipinski definition) is 6. The third-order valence-corrected chi connectivity index (χ3v) is 7.47. The smallest absolute Gasteiger partial charge is 0.255 e. The predicted molar refractivity (Wildman–Crippen MR) is 140 cm³/mol. The molecule has 2 aliphatic rings. The minimum absolute atomic E-state index is 0.136. The number of imidazole rings is 1. The molecule has 2 N–H and O–H groups in total. The van der Waals surface area contributed by atoms with Crippen molar-refractivity contribution in [2.45, 2.75) is 38.9 Å². The number of nitrogens with zero attached hydrogens (tertiary/aromatic N) is 5. The number of carbonyl (C=O) groups is 1. The molecule has 2 aromatic heterocycles. The van der Waals surface area contributed by atoms with Crippen molar-refractivity contribution in [3.05, 3.63) is 54.0 Å². The van der Waals surface area contributed by atoms with E-state index in [-0.39, 0.29) is 5.91 Å². The molecule has 2 fully saturated rings. The molecule has 9 nitrogen and oxygen atoms in total. The number of hydrogen-bond donors (Lipinski definition) is 2. The standard InChI is InChI=1S/C27H33N7O2/c1-19-3-2-8-33(19)18-26-30-23-6-5-22(16-24(23)31-26)29-27(35)20-4-7-25-21(15-20)17-28-34(25)10-9-32-11-13-36-14-12-32/h4-7,15-17,19H,2-3,8-14,18H2,1H3,(H,29,35)(H,30,31)/t19-/m0/s1. The van der Waals surface area contributed by atoms with Gasteiger partial charge in [0.15, 0.2) is 0 Å². The summed E-state index contributed by atoms with van der Waals surface area (Å²) in [7, 11) is 0. The van der Waals surface area contributed by atoms with Gasteiger partial charge in [0.05, 0.1) is 49.1 Å². The Morgan fingerprint density at radius 3 is 2.86 bits per heavy atom. The maximum Gasteiger partial charge on any atom is 0.255 e. The molecule has 36 heavy (non-hydrogen) atoms. The zero-order valence-electron chi connectivity index (χ0n) is 20.7. The number of rotatable bonds is 7. The van der Waals surface area contributed by atoms with E-state index in [9.17, 15) is 4.79 Å². The molecular weight excluding hydrogens is 454 g/mol. The number of aromatic amines is 1. The lowest BCUT2D eigenvalue weighted by molar-refractivity contribution is 0.0361. The van der Waals surface area contributed by atoms with Crippen LogP contribution in [-0.4, -0.2) is 80.9 Å². The van der Waals surface area contributed by atoms with E-state index in [1.807, 2.05) is 47.3 Å². The van der Waals surface area contributed by atoms with Crippen molar-refractivity contribution < 1.29 is 9.53 Å². The molecule has 2 saturated heterocycles. The second-order valence-corrected chi connectivity index (χ2v) is 9.93. The summed E-state index contributed by atoms with van der Waals surface area (Å²) in [6.45, 7) is 9.51. The zero-order chi connectivity index (χ0) is 24.5. The molecule has 0 spiro atoms. The Balaban J connectivity index is 1.12. The monoisotopic (exact) mass is 487 g/mol. The van der Waals surface area contributed by atoms with E-state index in [0.717, 1.165) is 85.9 Å². The highest BCUT2D eigenvalue weighted by molar-refractivity contribution is 6.06. The third-order valence-electron chi connectivity index (χ3n) is 7.47. The summed E-state index contributed by atoms with van der Waals surface area (Å²) in [6.07, 6.45) is 4.33. The largest absolute Gasteiger partial charge is 0.379 e. The molecule has 0 saturated carbocycles. The molecule has 2 aliphatic heterocycles. The maximum atomic E-state index is 13.0. The van der Waals surface area contributed by atoms with Gasteiger partial charge in [-0.2, -0.15) is 5.10 Å². The summed E-state index contributed by atoms with van der Waals surface area (Å²) in [5, 5.41) is 8.56. The number of nitrogens with one attached hydrogen (secondary N) is 2. The van der Waals surface area contributed by atoms with Gasteiger partial charge in [-0.25, -0.2) is 4.98 Å². The fraction of sp³-hybridized carbons (Fsp3) is 0.444. The van der Waals surface area contributed by atoms with Crippen molar-refractivity contribution >= 4 is 33.5 Å². The van der Waals surface area contributed by atoms with Crippen molar-refractivity contribution in [3.63, 3.8) is 0 Å². The number of likely N-dealkylation sites (tertiary alicyclic amines) is 1. The zero-order valence-corrected chi connectivity index (χ0v) is 20.7. The highest BCUT2D eigenvalue weighted by Gasteiger charge is 2.21. The number of fused-ring (bicyclic) bond motifs is 2. The highest BCUT2D eigenvalue weighted by atomic mass is 16.5. The van der Waals surface area contributed by atoms with Gasteiger partial charge >= 0.3 is 0 Å². The number of ether oxygens (including phenoxy) is 1. The van der Waals surface area contributed by atoms with Gasteiger partial charge < -0.3 is 15.0 Å². The van der Waals surface area contributed by atoms with Crippen LogP contribution in [0.1, 0.15) is 35.9 Å². The molecule has 6 rings (SSSR count).